The van der Waals surface area contributed by atoms with Gasteiger partial charge >= 0.3 is 12.3 Å². The van der Waals surface area contributed by atoms with E-state index in [9.17, 15) is 39.5 Å². The van der Waals surface area contributed by atoms with Crippen molar-refractivity contribution in [1.29, 1.82) is 0 Å². The normalized spacial score (nSPS) is 31.2. The summed E-state index contributed by atoms with van der Waals surface area (Å²) in [6.07, 6.45) is -0.822. The summed E-state index contributed by atoms with van der Waals surface area (Å²) < 4.78 is 130. The Hall–Kier alpha value is -2.13. The Labute approximate surface area is 235 Å². The molecule has 2 unspecified atom stereocenters. The number of benzene rings is 1. The fourth-order valence-corrected chi connectivity index (χ4v) is 6.80. The van der Waals surface area contributed by atoms with Crippen LogP contribution in [0.4, 0.5) is 39.5 Å². The monoisotopic (exact) mass is 596 g/mol. The molecule has 0 radical (unpaired) electrons. The molecule has 2 saturated carbocycles. The molecule has 0 amide bonds. The quantitative estimate of drug-likeness (QED) is 0.204. The Morgan fingerprint density at radius 2 is 1.41 bits per heavy atom. The molecular formula is C31H37F9O. The third-order valence-corrected chi connectivity index (χ3v) is 9.26. The van der Waals surface area contributed by atoms with Gasteiger partial charge in [-0.15, -0.1) is 0 Å². The van der Waals surface area contributed by atoms with Gasteiger partial charge in [0.05, 0.1) is 0 Å². The molecule has 1 nitrogen and oxygen atoms in total. The summed E-state index contributed by atoms with van der Waals surface area (Å²) in [6.45, 7) is 2.20. The topological polar surface area (TPSA) is 9.23 Å². The van der Waals surface area contributed by atoms with Gasteiger partial charge in [0.15, 0.2) is 6.17 Å². The predicted octanol–water partition coefficient (Wildman–Crippen LogP) is 10.8. The molecule has 3 aliphatic carbocycles. The smallest absolute Gasteiger partial charge is 0.429 e. The van der Waals surface area contributed by atoms with E-state index in [-0.39, 0.29) is 29.7 Å². The molecule has 230 valence electrons. The summed E-state index contributed by atoms with van der Waals surface area (Å²) in [5, 5.41) is 0. The fourth-order valence-electron chi connectivity index (χ4n) is 6.80. The molecule has 10 heteroatoms. The molecule has 0 spiro atoms. The summed E-state index contributed by atoms with van der Waals surface area (Å²) in [5.41, 5.74) is -5.92. The lowest BCUT2D eigenvalue weighted by molar-refractivity contribution is -0.233. The van der Waals surface area contributed by atoms with Crippen LogP contribution in [0.2, 0.25) is 0 Å². The van der Waals surface area contributed by atoms with Crippen molar-refractivity contribution >= 4 is 0 Å². The lowest BCUT2D eigenvalue weighted by atomic mass is 9.68. The Morgan fingerprint density at radius 3 is 1.93 bits per heavy atom. The lowest BCUT2D eigenvalue weighted by Gasteiger charge is -2.38. The molecule has 0 heterocycles. The Balaban J connectivity index is 1.36. The average Bonchev–Trinajstić information content (AvgIpc) is 2.90. The number of hydrogen-bond acceptors (Lipinski definition) is 1. The van der Waals surface area contributed by atoms with Crippen molar-refractivity contribution < 1.29 is 44.3 Å². The number of allylic oxidation sites excluding steroid dienone is 3. The first kappa shape index (κ1) is 31.8. The highest BCUT2D eigenvalue weighted by molar-refractivity contribution is 5.33. The number of halogens is 9. The van der Waals surface area contributed by atoms with Gasteiger partial charge in [-0.25, -0.2) is 17.6 Å². The van der Waals surface area contributed by atoms with Crippen LogP contribution in [0.25, 0.3) is 0 Å². The van der Waals surface area contributed by atoms with Crippen molar-refractivity contribution in [3.8, 4) is 0 Å². The number of hydrogen-bond donors (Lipinski definition) is 0. The van der Waals surface area contributed by atoms with Crippen LogP contribution >= 0.6 is 0 Å². The Kier molecular flexibility index (Phi) is 9.79. The number of ether oxygens (including phenoxy) is 1. The van der Waals surface area contributed by atoms with E-state index in [1.54, 1.807) is 0 Å². The van der Waals surface area contributed by atoms with Crippen LogP contribution in [0.3, 0.4) is 0 Å². The van der Waals surface area contributed by atoms with Crippen molar-refractivity contribution in [2.75, 3.05) is 0 Å². The molecule has 41 heavy (non-hydrogen) atoms. The van der Waals surface area contributed by atoms with Crippen LogP contribution in [-0.4, -0.2) is 18.0 Å². The van der Waals surface area contributed by atoms with Gasteiger partial charge in [0.2, 0.25) is 0 Å². The highest BCUT2D eigenvalue weighted by Gasteiger charge is 2.60. The van der Waals surface area contributed by atoms with E-state index in [1.165, 1.54) is 51.4 Å². The summed E-state index contributed by atoms with van der Waals surface area (Å²) in [4.78, 5) is 0. The van der Waals surface area contributed by atoms with Crippen molar-refractivity contribution in [3.05, 3.63) is 58.9 Å². The minimum absolute atomic E-state index is 0.136. The van der Waals surface area contributed by atoms with Gasteiger partial charge in [0.25, 0.3) is 5.67 Å². The average molecular weight is 597 g/mol. The lowest BCUT2D eigenvalue weighted by Crippen LogP contribution is -2.47. The molecule has 0 aromatic heterocycles. The largest absolute Gasteiger partial charge is 0.432 e. The highest BCUT2D eigenvalue weighted by atomic mass is 19.4. The Morgan fingerprint density at radius 1 is 0.854 bits per heavy atom. The van der Waals surface area contributed by atoms with Crippen LogP contribution in [0, 0.1) is 29.4 Å². The maximum absolute atomic E-state index is 14.9. The van der Waals surface area contributed by atoms with Crippen molar-refractivity contribution in [1.82, 2.24) is 0 Å². The van der Waals surface area contributed by atoms with E-state index >= 15 is 0 Å². The first-order chi connectivity index (χ1) is 19.2. The van der Waals surface area contributed by atoms with Gasteiger partial charge in [-0.3, -0.25) is 0 Å². The molecule has 2 atom stereocenters. The summed E-state index contributed by atoms with van der Waals surface area (Å²) in [7, 11) is 0. The molecule has 1 aromatic carbocycles. The first-order valence-corrected chi connectivity index (χ1v) is 14.6. The van der Waals surface area contributed by atoms with Crippen LogP contribution in [0.15, 0.2) is 36.1 Å². The maximum atomic E-state index is 14.9. The second kappa shape index (κ2) is 12.6. The fraction of sp³-hybridized carbons (Fsp3) is 0.677. The molecule has 3 aliphatic rings. The summed E-state index contributed by atoms with van der Waals surface area (Å²) in [5.74, 6) is -2.54. The van der Waals surface area contributed by atoms with Crippen LogP contribution in [-0.2, 0) is 10.8 Å². The van der Waals surface area contributed by atoms with Crippen LogP contribution < -0.4 is 0 Å². The molecule has 0 aliphatic heterocycles. The van der Waals surface area contributed by atoms with Gasteiger partial charge < -0.3 is 4.74 Å². The Bertz CT molecular complexity index is 1070. The maximum Gasteiger partial charge on any atom is 0.432 e. The molecule has 0 N–H and O–H groups in total. The zero-order chi connectivity index (χ0) is 30.0. The van der Waals surface area contributed by atoms with E-state index in [0.29, 0.717) is 24.7 Å². The second-order valence-corrected chi connectivity index (χ2v) is 11.9. The molecule has 1 aromatic rings. The van der Waals surface area contributed by atoms with E-state index in [0.717, 1.165) is 30.9 Å². The first-order valence-electron chi connectivity index (χ1n) is 14.6. The molecule has 4 rings (SSSR count). The molecule has 0 bridgehead atoms. The van der Waals surface area contributed by atoms with Gasteiger partial charge in [0, 0.05) is 0 Å². The van der Waals surface area contributed by atoms with Gasteiger partial charge in [-0.05, 0) is 98.1 Å². The van der Waals surface area contributed by atoms with E-state index in [4.69, 9.17) is 0 Å². The van der Waals surface area contributed by atoms with Crippen LogP contribution in [0.1, 0.15) is 101 Å². The minimum atomic E-state index is -5.64. The molecule has 2 fully saturated rings. The van der Waals surface area contributed by atoms with Gasteiger partial charge in [-0.1, -0.05) is 45.4 Å². The number of rotatable bonds is 9. The molecular weight excluding hydrogens is 559 g/mol. The minimum Gasteiger partial charge on any atom is -0.429 e. The summed E-state index contributed by atoms with van der Waals surface area (Å²) in [6, 6.07) is 1.67. The predicted molar refractivity (Wildman–Crippen MR) is 138 cm³/mol. The van der Waals surface area contributed by atoms with Gasteiger partial charge in [-0.2, -0.15) is 22.0 Å². The second-order valence-electron chi connectivity index (χ2n) is 11.9. The SMILES string of the molecule is CCCCCC1CCC(C2CCC(c3cc(F)c(C(F)(F)OC4=CC(F)C(F)(C(F)(F)F)C=C4)c(F)c3)CC2)CC1. The standard InChI is InChI=1S/C31H37F9O/c1-2-3-4-5-19-6-8-20(9-7-19)21-10-12-22(13-11-21)23-16-25(32)28(26(33)17-23)30(36,37)41-24-14-15-29(35,27(34)18-24)31(38,39)40/h14-22,27H,2-13H2,1H3. The van der Waals surface area contributed by atoms with E-state index in [2.05, 4.69) is 11.7 Å². The van der Waals surface area contributed by atoms with Crippen molar-refractivity contribution in [3.63, 3.8) is 0 Å². The summed E-state index contributed by atoms with van der Waals surface area (Å²) >= 11 is 0. The molecule has 0 saturated heterocycles. The number of unbranched alkanes of at least 4 members (excludes halogenated alkanes) is 2. The third kappa shape index (κ3) is 7.10. The van der Waals surface area contributed by atoms with Crippen molar-refractivity contribution in [2.45, 2.75) is 114 Å². The van der Waals surface area contributed by atoms with E-state index in [1.807, 2.05) is 0 Å². The third-order valence-electron chi connectivity index (χ3n) is 9.26. The van der Waals surface area contributed by atoms with Crippen LogP contribution in [0.5, 0.6) is 0 Å². The van der Waals surface area contributed by atoms with E-state index < -0.39 is 47.1 Å². The number of alkyl halides is 7. The zero-order valence-electron chi connectivity index (χ0n) is 23.1. The van der Waals surface area contributed by atoms with Crippen molar-refractivity contribution in [2.24, 2.45) is 17.8 Å². The van der Waals surface area contributed by atoms with Gasteiger partial charge in [0.1, 0.15) is 23.0 Å². The zero-order valence-corrected chi connectivity index (χ0v) is 23.1. The highest BCUT2D eigenvalue weighted by Crippen LogP contribution is 2.47.